The molecule has 3 aliphatic rings. The number of nitrogens with zero attached hydrogens (tertiary/aromatic N) is 5. The highest BCUT2D eigenvalue weighted by Gasteiger charge is 2.45. The summed E-state index contributed by atoms with van der Waals surface area (Å²) in [5.41, 5.74) is 3.74. The lowest BCUT2D eigenvalue weighted by Gasteiger charge is -2.27. The molecule has 298 valence electrons. The summed E-state index contributed by atoms with van der Waals surface area (Å²) in [5, 5.41) is 12.5. The molecule has 0 radical (unpaired) electrons. The number of unbranched alkanes of at least 4 members (excludes halogenated alkanes) is 5. The van der Waals surface area contributed by atoms with Crippen LogP contribution in [-0.4, -0.2) is 93.0 Å². The van der Waals surface area contributed by atoms with Gasteiger partial charge in [0.05, 0.1) is 22.1 Å². The summed E-state index contributed by atoms with van der Waals surface area (Å²) in [4.78, 5) is 87.9. The smallest absolute Gasteiger partial charge is 0.264 e. The fraction of sp³-hybridized carbons (Fsp3) is 0.429. The summed E-state index contributed by atoms with van der Waals surface area (Å²) in [6.45, 7) is 1.20. The molecule has 1 unspecified atom stereocenters. The average molecular weight is 776 g/mol. The third kappa shape index (κ3) is 8.52. The van der Waals surface area contributed by atoms with Crippen LogP contribution in [0, 0.1) is 0 Å². The fourth-order valence-corrected chi connectivity index (χ4v) is 7.94. The summed E-state index contributed by atoms with van der Waals surface area (Å²) in [7, 11) is 3.49. The number of hydrogen-bond acceptors (Lipinski definition) is 10. The van der Waals surface area contributed by atoms with Crippen molar-refractivity contribution in [1.82, 2.24) is 35.0 Å². The van der Waals surface area contributed by atoms with Gasteiger partial charge in [0.15, 0.2) is 0 Å². The zero-order chi connectivity index (χ0) is 40.1. The number of carbonyl (C=O) groups excluding carboxylic acids is 6. The van der Waals surface area contributed by atoms with Crippen LogP contribution in [-0.2, 0) is 9.59 Å². The molecule has 4 heterocycles. The lowest BCUT2D eigenvalue weighted by molar-refractivity contribution is -0.136. The summed E-state index contributed by atoms with van der Waals surface area (Å²) in [6.07, 6.45) is 14.0. The Bertz CT molecular complexity index is 2190. The van der Waals surface area contributed by atoms with Gasteiger partial charge in [0, 0.05) is 69.0 Å². The maximum atomic E-state index is 13.3. The lowest BCUT2D eigenvalue weighted by atomic mass is 10.0. The molecule has 2 aromatic heterocycles. The minimum absolute atomic E-state index is 0.0749. The molecule has 0 bridgehead atoms. The highest BCUT2D eigenvalue weighted by Crippen LogP contribution is 2.35. The largest absolute Gasteiger partial charge is 0.384 e. The first kappa shape index (κ1) is 39.1. The van der Waals surface area contributed by atoms with Crippen molar-refractivity contribution in [1.29, 1.82) is 0 Å². The number of amides is 6. The number of imide groups is 2. The topological polar surface area (TPSA) is 188 Å². The van der Waals surface area contributed by atoms with E-state index in [9.17, 15) is 28.8 Å². The summed E-state index contributed by atoms with van der Waals surface area (Å²) in [5.74, 6) is -1.85. The fourth-order valence-electron chi connectivity index (χ4n) is 7.94. The summed E-state index contributed by atoms with van der Waals surface area (Å²) < 4.78 is 2.13. The molecule has 0 spiro atoms. The molecule has 6 amide bonds. The van der Waals surface area contributed by atoms with E-state index in [2.05, 4.69) is 30.8 Å². The van der Waals surface area contributed by atoms with Gasteiger partial charge in [-0.2, -0.15) is 4.98 Å². The van der Waals surface area contributed by atoms with Crippen LogP contribution in [0.1, 0.15) is 125 Å². The second-order valence-electron chi connectivity index (χ2n) is 15.2. The van der Waals surface area contributed by atoms with Crippen LogP contribution in [0.4, 0.5) is 17.3 Å². The number of fused-ring (bicyclic) bond motifs is 2. The van der Waals surface area contributed by atoms with Gasteiger partial charge in [-0.1, -0.05) is 44.6 Å². The van der Waals surface area contributed by atoms with E-state index in [0.717, 1.165) is 85.8 Å². The molecule has 7 rings (SSSR count). The maximum absolute atomic E-state index is 13.3. The highest BCUT2D eigenvalue weighted by atomic mass is 16.2. The van der Waals surface area contributed by atoms with Gasteiger partial charge in [-0.25, -0.2) is 4.98 Å². The number of benzene rings is 2. The van der Waals surface area contributed by atoms with E-state index >= 15 is 0 Å². The van der Waals surface area contributed by atoms with E-state index in [1.54, 1.807) is 55.5 Å². The van der Waals surface area contributed by atoms with Crippen LogP contribution in [0.2, 0.25) is 0 Å². The zero-order valence-corrected chi connectivity index (χ0v) is 32.4. The SMILES string of the molecule is CN(C)C(=O)c1cn(C2CCCC2)c2nc(Nc3ccc(C(=O)NCCCCCCCCNc4cccc5c4C(=O)N(C4CCC(=O)NC4=O)C5=O)cc3)ncc12. The van der Waals surface area contributed by atoms with Crippen LogP contribution < -0.4 is 21.3 Å². The molecule has 1 aliphatic carbocycles. The molecule has 4 N–H and O–H groups in total. The number of anilines is 3. The predicted molar refractivity (Wildman–Crippen MR) is 214 cm³/mol. The number of nitrogens with one attached hydrogen (secondary N) is 4. The molecule has 2 fully saturated rings. The van der Waals surface area contributed by atoms with Crippen molar-refractivity contribution in [2.24, 2.45) is 0 Å². The van der Waals surface area contributed by atoms with Crippen molar-refractivity contribution in [2.75, 3.05) is 37.8 Å². The molecule has 15 heteroatoms. The molecule has 57 heavy (non-hydrogen) atoms. The van der Waals surface area contributed by atoms with Crippen molar-refractivity contribution in [3.8, 4) is 0 Å². The Morgan fingerprint density at radius 1 is 0.877 bits per heavy atom. The van der Waals surface area contributed by atoms with Crippen LogP contribution in [0.25, 0.3) is 11.0 Å². The Morgan fingerprint density at radius 2 is 1.60 bits per heavy atom. The summed E-state index contributed by atoms with van der Waals surface area (Å²) in [6, 6.07) is 11.6. The lowest BCUT2D eigenvalue weighted by Crippen LogP contribution is -2.54. The van der Waals surface area contributed by atoms with Crippen LogP contribution in [0.5, 0.6) is 0 Å². The first-order chi connectivity index (χ1) is 27.6. The van der Waals surface area contributed by atoms with Crippen molar-refractivity contribution in [3.05, 3.63) is 77.1 Å². The molecule has 1 atom stereocenters. The number of hydrogen-bond donors (Lipinski definition) is 4. The Balaban J connectivity index is 0.808. The predicted octanol–water partition coefficient (Wildman–Crippen LogP) is 5.58. The van der Waals surface area contributed by atoms with Gasteiger partial charge in [0.2, 0.25) is 17.8 Å². The standard InChI is InChI=1S/C42H49N9O6/c1-49(2)39(55)31-25-50(28-12-7-8-13-28)36-30(31)24-45-42(48-36)46-27-18-16-26(17-19-27)37(53)44-23-10-6-4-3-5-9-22-43-32-15-11-14-29-35(32)41(57)51(40(29)56)33-20-21-34(52)47-38(33)54/h11,14-19,24-25,28,33,43H,3-10,12-13,20-23H2,1-2H3,(H,44,53)(H,45,46,48)(H,47,52,54). The van der Waals surface area contributed by atoms with Crippen LogP contribution in [0.3, 0.4) is 0 Å². The van der Waals surface area contributed by atoms with E-state index in [-0.39, 0.29) is 35.8 Å². The van der Waals surface area contributed by atoms with Gasteiger partial charge in [0.25, 0.3) is 23.6 Å². The number of aromatic nitrogens is 3. The van der Waals surface area contributed by atoms with E-state index in [0.29, 0.717) is 41.9 Å². The molecule has 15 nitrogen and oxygen atoms in total. The second kappa shape index (κ2) is 17.3. The molecular formula is C42H49N9O6. The normalized spacial score (nSPS) is 16.9. The van der Waals surface area contributed by atoms with E-state index in [1.807, 2.05) is 18.3 Å². The van der Waals surface area contributed by atoms with Crippen LogP contribution in [0.15, 0.2) is 54.9 Å². The number of carbonyl (C=O) groups is 6. The number of rotatable bonds is 16. The van der Waals surface area contributed by atoms with Gasteiger partial charge in [0.1, 0.15) is 11.7 Å². The first-order valence-corrected chi connectivity index (χ1v) is 19.9. The third-order valence-corrected chi connectivity index (χ3v) is 11.0. The third-order valence-electron chi connectivity index (χ3n) is 11.0. The minimum Gasteiger partial charge on any atom is -0.384 e. The quantitative estimate of drug-likeness (QED) is 0.0827. The van der Waals surface area contributed by atoms with E-state index in [4.69, 9.17) is 4.98 Å². The highest BCUT2D eigenvalue weighted by molar-refractivity contribution is 6.25. The summed E-state index contributed by atoms with van der Waals surface area (Å²) >= 11 is 0. The van der Waals surface area contributed by atoms with Crippen molar-refractivity contribution < 1.29 is 28.8 Å². The van der Waals surface area contributed by atoms with Gasteiger partial charge >= 0.3 is 0 Å². The molecule has 4 aromatic rings. The zero-order valence-electron chi connectivity index (χ0n) is 32.4. The Hall–Kier alpha value is -6.12. The van der Waals surface area contributed by atoms with Gasteiger partial charge < -0.3 is 25.4 Å². The minimum atomic E-state index is -0.993. The molecule has 1 saturated carbocycles. The van der Waals surface area contributed by atoms with Gasteiger partial charge in [-0.3, -0.25) is 39.0 Å². The van der Waals surface area contributed by atoms with E-state index in [1.165, 1.54) is 0 Å². The number of piperidine rings is 1. The first-order valence-electron chi connectivity index (χ1n) is 19.9. The molecular weight excluding hydrogens is 727 g/mol. The van der Waals surface area contributed by atoms with Gasteiger partial charge in [-0.05, 0) is 68.5 Å². The van der Waals surface area contributed by atoms with Crippen molar-refractivity contribution in [3.63, 3.8) is 0 Å². The molecule has 1 saturated heterocycles. The van der Waals surface area contributed by atoms with E-state index < -0.39 is 29.7 Å². The Morgan fingerprint density at radius 3 is 2.32 bits per heavy atom. The Kier molecular flexibility index (Phi) is 11.9. The van der Waals surface area contributed by atoms with Crippen molar-refractivity contribution >= 4 is 63.8 Å². The van der Waals surface area contributed by atoms with Gasteiger partial charge in [-0.15, -0.1) is 0 Å². The second-order valence-corrected chi connectivity index (χ2v) is 15.2. The molecule has 2 aliphatic heterocycles. The van der Waals surface area contributed by atoms with Crippen LogP contribution >= 0.6 is 0 Å². The Labute approximate surface area is 331 Å². The van der Waals surface area contributed by atoms with Crippen molar-refractivity contribution in [2.45, 2.75) is 89.1 Å². The average Bonchev–Trinajstić information content (AvgIpc) is 3.93. The maximum Gasteiger partial charge on any atom is 0.264 e. The molecule has 2 aromatic carbocycles. The monoisotopic (exact) mass is 775 g/mol.